The van der Waals surface area contributed by atoms with Crippen molar-refractivity contribution in [2.75, 3.05) is 10.7 Å². The van der Waals surface area contributed by atoms with Crippen LogP contribution in [0.4, 0.5) is 5.69 Å². The van der Waals surface area contributed by atoms with Crippen LogP contribution < -0.4 is 10.2 Å². The number of anilines is 1. The molecule has 0 saturated carbocycles. The van der Waals surface area contributed by atoms with Crippen LogP contribution in [0.5, 0.6) is 0 Å². The summed E-state index contributed by atoms with van der Waals surface area (Å²) in [6.45, 7) is 3.86. The van der Waals surface area contributed by atoms with Crippen molar-refractivity contribution in [2.24, 2.45) is 4.99 Å². The van der Waals surface area contributed by atoms with Gasteiger partial charge in [0.2, 0.25) is 11.8 Å². The van der Waals surface area contributed by atoms with Gasteiger partial charge in [-0.25, -0.2) is 0 Å². The number of hydrogen-bond acceptors (Lipinski definition) is 4. The lowest BCUT2D eigenvalue weighted by Crippen LogP contribution is -2.40. The molecule has 0 bridgehead atoms. The second-order valence-corrected chi connectivity index (χ2v) is 5.98. The fourth-order valence-electron chi connectivity index (χ4n) is 2.07. The molecule has 1 aromatic rings. The predicted octanol–water partition coefficient (Wildman–Crippen LogP) is 1.56. The second kappa shape index (κ2) is 7.22. The van der Waals surface area contributed by atoms with E-state index in [4.69, 9.17) is 0 Å². The van der Waals surface area contributed by atoms with Gasteiger partial charge in [-0.3, -0.25) is 14.4 Å². The Bertz CT molecular complexity index is 614. The maximum absolute atomic E-state index is 12.4. The molecule has 0 atom stereocenters. The quantitative estimate of drug-likeness (QED) is 0.854. The van der Waals surface area contributed by atoms with E-state index in [0.717, 1.165) is 17.4 Å². The first-order valence-electron chi connectivity index (χ1n) is 6.88. The molecule has 0 unspecified atom stereocenters. The Morgan fingerprint density at radius 3 is 2.59 bits per heavy atom. The van der Waals surface area contributed by atoms with Crippen LogP contribution in [0.15, 0.2) is 35.3 Å². The Morgan fingerprint density at radius 1 is 1.32 bits per heavy atom. The third kappa shape index (κ3) is 4.17. The zero-order valence-corrected chi connectivity index (χ0v) is 13.2. The number of benzene rings is 1. The minimum Gasteiger partial charge on any atom is -0.309 e. The van der Waals surface area contributed by atoms with Crippen LogP contribution in [-0.4, -0.2) is 34.7 Å². The summed E-state index contributed by atoms with van der Waals surface area (Å²) in [6, 6.07) is 9.36. The standard InChI is InChI=1S/C15H17N3O3S/c1-10(2)18(11-6-4-3-5-7-11)14(21)9-22-15-16-12(19)8-13(20)17-15/h3-7,10H,8-9H2,1-2H3,(H,16,17,19,20). The molecule has 6 nitrogen and oxygen atoms in total. The minimum absolute atomic E-state index is 0.0000164. The van der Waals surface area contributed by atoms with Gasteiger partial charge >= 0.3 is 0 Å². The number of carbonyl (C=O) groups excluding carboxylic acids is 3. The zero-order chi connectivity index (χ0) is 16.1. The van der Waals surface area contributed by atoms with Crippen LogP contribution in [0, 0.1) is 0 Å². The number of amides is 3. The highest BCUT2D eigenvalue weighted by molar-refractivity contribution is 8.14. The largest absolute Gasteiger partial charge is 0.309 e. The molecule has 0 spiro atoms. The Morgan fingerprint density at radius 2 is 2.00 bits per heavy atom. The summed E-state index contributed by atoms with van der Waals surface area (Å²) >= 11 is 1.06. The first-order chi connectivity index (χ1) is 10.5. The summed E-state index contributed by atoms with van der Waals surface area (Å²) in [4.78, 5) is 40.3. The fourth-order valence-corrected chi connectivity index (χ4v) is 2.82. The van der Waals surface area contributed by atoms with E-state index in [1.807, 2.05) is 44.2 Å². The van der Waals surface area contributed by atoms with Crippen LogP contribution in [0.3, 0.4) is 0 Å². The van der Waals surface area contributed by atoms with E-state index in [9.17, 15) is 14.4 Å². The van der Waals surface area contributed by atoms with E-state index < -0.39 is 11.8 Å². The van der Waals surface area contributed by atoms with Crippen molar-refractivity contribution < 1.29 is 14.4 Å². The number of para-hydroxylation sites is 1. The molecule has 22 heavy (non-hydrogen) atoms. The van der Waals surface area contributed by atoms with Gasteiger partial charge in [-0.2, -0.15) is 4.99 Å². The molecule has 0 aromatic heterocycles. The number of nitrogens with zero attached hydrogens (tertiary/aromatic N) is 2. The molecule has 0 aliphatic carbocycles. The summed E-state index contributed by atoms with van der Waals surface area (Å²) in [5.74, 6) is -0.887. The average molecular weight is 319 g/mol. The van der Waals surface area contributed by atoms with Crippen molar-refractivity contribution in [2.45, 2.75) is 26.3 Å². The molecule has 3 amide bonds. The normalized spacial score (nSPS) is 14.6. The van der Waals surface area contributed by atoms with E-state index in [-0.39, 0.29) is 29.3 Å². The first-order valence-corrected chi connectivity index (χ1v) is 7.87. The van der Waals surface area contributed by atoms with E-state index in [1.54, 1.807) is 4.90 Å². The molecular weight excluding hydrogens is 302 g/mol. The van der Waals surface area contributed by atoms with Crippen LogP contribution in [0.1, 0.15) is 20.3 Å². The van der Waals surface area contributed by atoms with Gasteiger partial charge in [-0.15, -0.1) is 0 Å². The molecule has 0 fully saturated rings. The maximum Gasteiger partial charge on any atom is 0.257 e. The second-order valence-electron chi connectivity index (χ2n) is 5.02. The third-order valence-corrected chi connectivity index (χ3v) is 3.79. The molecule has 1 N–H and O–H groups in total. The lowest BCUT2D eigenvalue weighted by molar-refractivity contribution is -0.127. The highest BCUT2D eigenvalue weighted by Gasteiger charge is 2.22. The van der Waals surface area contributed by atoms with Crippen molar-refractivity contribution >= 4 is 40.3 Å². The van der Waals surface area contributed by atoms with Gasteiger partial charge in [0.05, 0.1) is 5.75 Å². The third-order valence-electron chi connectivity index (χ3n) is 2.94. The summed E-state index contributed by atoms with van der Waals surface area (Å²) in [5, 5.41) is 2.68. The molecule has 7 heteroatoms. The predicted molar refractivity (Wildman–Crippen MR) is 86.7 cm³/mol. The van der Waals surface area contributed by atoms with E-state index in [2.05, 4.69) is 10.3 Å². The first kappa shape index (κ1) is 16.2. The molecule has 2 rings (SSSR count). The number of rotatable bonds is 4. The minimum atomic E-state index is -0.484. The summed E-state index contributed by atoms with van der Waals surface area (Å²) in [7, 11) is 0. The van der Waals surface area contributed by atoms with E-state index >= 15 is 0 Å². The maximum atomic E-state index is 12.4. The lowest BCUT2D eigenvalue weighted by atomic mass is 10.2. The van der Waals surface area contributed by atoms with Crippen molar-refractivity contribution in [1.82, 2.24) is 5.32 Å². The van der Waals surface area contributed by atoms with Gasteiger partial charge in [-0.1, -0.05) is 30.0 Å². The van der Waals surface area contributed by atoms with E-state index in [0.29, 0.717) is 0 Å². The summed E-state index contributed by atoms with van der Waals surface area (Å²) in [5.41, 5.74) is 0.814. The number of amidine groups is 1. The van der Waals surface area contributed by atoms with Crippen molar-refractivity contribution in [3.8, 4) is 0 Å². The molecule has 1 heterocycles. The van der Waals surface area contributed by atoms with Crippen molar-refractivity contribution in [1.29, 1.82) is 0 Å². The Balaban J connectivity index is 2.04. The van der Waals surface area contributed by atoms with Crippen LogP contribution in [0.2, 0.25) is 0 Å². The Hall–Kier alpha value is -2.15. The lowest BCUT2D eigenvalue weighted by Gasteiger charge is -2.27. The van der Waals surface area contributed by atoms with Crippen LogP contribution >= 0.6 is 11.8 Å². The number of nitrogens with one attached hydrogen (secondary N) is 1. The molecule has 1 aliphatic heterocycles. The van der Waals surface area contributed by atoms with Gasteiger partial charge in [0.15, 0.2) is 5.17 Å². The van der Waals surface area contributed by atoms with Crippen LogP contribution in [-0.2, 0) is 14.4 Å². The highest BCUT2D eigenvalue weighted by Crippen LogP contribution is 2.18. The van der Waals surface area contributed by atoms with Gasteiger partial charge in [0.1, 0.15) is 6.42 Å². The molecular formula is C15H17N3O3S. The Kier molecular flexibility index (Phi) is 5.32. The topological polar surface area (TPSA) is 78.8 Å². The van der Waals surface area contributed by atoms with Crippen molar-refractivity contribution in [3.05, 3.63) is 30.3 Å². The van der Waals surface area contributed by atoms with E-state index in [1.165, 1.54) is 0 Å². The molecule has 1 aliphatic rings. The number of aliphatic imine (C=N–C) groups is 1. The van der Waals surface area contributed by atoms with Crippen LogP contribution in [0.25, 0.3) is 0 Å². The highest BCUT2D eigenvalue weighted by atomic mass is 32.2. The van der Waals surface area contributed by atoms with Crippen molar-refractivity contribution in [3.63, 3.8) is 0 Å². The monoisotopic (exact) mass is 319 g/mol. The number of thioether (sulfide) groups is 1. The fraction of sp³-hybridized carbons (Fsp3) is 0.333. The number of hydrogen-bond donors (Lipinski definition) is 1. The smallest absolute Gasteiger partial charge is 0.257 e. The number of carbonyl (C=O) groups is 3. The SMILES string of the molecule is CC(C)N(C(=O)CSC1=NC(=O)CC(=O)N1)c1ccccc1. The average Bonchev–Trinajstić information content (AvgIpc) is 2.45. The van der Waals surface area contributed by atoms with Gasteiger partial charge < -0.3 is 10.2 Å². The zero-order valence-electron chi connectivity index (χ0n) is 12.4. The summed E-state index contributed by atoms with van der Waals surface area (Å²) in [6.07, 6.45) is -0.236. The summed E-state index contributed by atoms with van der Waals surface area (Å²) < 4.78 is 0. The molecule has 116 valence electrons. The van der Waals surface area contributed by atoms with Gasteiger partial charge in [-0.05, 0) is 26.0 Å². The molecule has 0 saturated heterocycles. The van der Waals surface area contributed by atoms with Gasteiger partial charge in [0.25, 0.3) is 5.91 Å². The molecule has 1 aromatic carbocycles. The molecule has 0 radical (unpaired) electrons. The van der Waals surface area contributed by atoms with Gasteiger partial charge in [0, 0.05) is 11.7 Å². The Labute approximate surface area is 133 Å².